The van der Waals surface area contributed by atoms with Crippen LogP contribution >= 0.6 is 0 Å². The molecule has 5 nitrogen and oxygen atoms in total. The number of aromatic hydroxyl groups is 1. The Balaban J connectivity index is 2.95. The maximum Gasteiger partial charge on any atom is 0.362 e. The second-order valence-electron chi connectivity index (χ2n) is 3.65. The Bertz CT molecular complexity index is 428. The third kappa shape index (κ3) is 2.80. The van der Waals surface area contributed by atoms with E-state index in [1.54, 1.807) is 6.07 Å². The number of carbonyl (C=O) groups excluding carboxylic acids is 1. The summed E-state index contributed by atoms with van der Waals surface area (Å²) in [4.78, 5) is 21.8. The molecule has 16 heavy (non-hydrogen) atoms. The molecule has 0 aromatic heterocycles. The monoisotopic (exact) mass is 224 g/mol. The maximum atomic E-state index is 11.1. The molecule has 0 bridgehead atoms. The van der Waals surface area contributed by atoms with Crippen molar-refractivity contribution in [3.05, 3.63) is 29.3 Å². The lowest BCUT2D eigenvalue weighted by Crippen LogP contribution is -2.65. The number of quaternary nitrogens is 1. The Labute approximate surface area is 92.5 Å². The fourth-order valence-electron chi connectivity index (χ4n) is 1.36. The number of ketones is 1. The number of phenols is 1. The van der Waals surface area contributed by atoms with Crippen molar-refractivity contribution in [1.29, 1.82) is 0 Å². The molecule has 0 saturated carbocycles. The molecule has 0 fully saturated rings. The van der Waals surface area contributed by atoms with Crippen LogP contribution in [0.25, 0.3) is 0 Å². The van der Waals surface area contributed by atoms with Gasteiger partial charge in [-0.2, -0.15) is 0 Å². The minimum Gasteiger partial charge on any atom is -0.507 e. The highest BCUT2D eigenvalue weighted by Gasteiger charge is 2.17. The third-order valence-corrected chi connectivity index (χ3v) is 2.27. The van der Waals surface area contributed by atoms with E-state index in [2.05, 4.69) is 5.73 Å². The Kier molecular flexibility index (Phi) is 3.63. The second kappa shape index (κ2) is 4.76. The molecule has 0 aliphatic rings. The maximum absolute atomic E-state index is 11.1. The number of Topliss-reactive ketones (excluding diaryl/α,β-unsaturated/α-hetero) is 1. The average Bonchev–Trinajstić information content (AvgIpc) is 2.20. The van der Waals surface area contributed by atoms with Crippen molar-refractivity contribution in [2.75, 3.05) is 0 Å². The van der Waals surface area contributed by atoms with E-state index in [1.807, 2.05) is 0 Å². The van der Waals surface area contributed by atoms with Gasteiger partial charge >= 0.3 is 5.97 Å². The SMILES string of the molecule is CC(=O)c1cc(C[C@H]([NH3+])C(=O)O)ccc1O. The van der Waals surface area contributed by atoms with E-state index >= 15 is 0 Å². The van der Waals surface area contributed by atoms with Crippen LogP contribution in [0.4, 0.5) is 0 Å². The lowest BCUT2D eigenvalue weighted by Gasteiger charge is -2.06. The average molecular weight is 224 g/mol. The molecule has 0 unspecified atom stereocenters. The van der Waals surface area contributed by atoms with Crippen molar-refractivity contribution in [2.45, 2.75) is 19.4 Å². The van der Waals surface area contributed by atoms with Gasteiger partial charge in [0.2, 0.25) is 0 Å². The van der Waals surface area contributed by atoms with Crippen LogP contribution in [0.2, 0.25) is 0 Å². The Morgan fingerprint density at radius 3 is 2.56 bits per heavy atom. The summed E-state index contributed by atoms with van der Waals surface area (Å²) in [5, 5.41) is 18.1. The van der Waals surface area contributed by atoms with Gasteiger partial charge in [-0.3, -0.25) is 4.79 Å². The van der Waals surface area contributed by atoms with Gasteiger partial charge in [0, 0.05) is 6.42 Å². The van der Waals surface area contributed by atoms with E-state index in [0.29, 0.717) is 5.56 Å². The Hall–Kier alpha value is -1.88. The van der Waals surface area contributed by atoms with Gasteiger partial charge in [0.1, 0.15) is 5.75 Å². The first-order chi connectivity index (χ1) is 7.41. The number of carbonyl (C=O) groups is 2. The van der Waals surface area contributed by atoms with Crippen LogP contribution in [0.15, 0.2) is 18.2 Å². The molecule has 86 valence electrons. The highest BCUT2D eigenvalue weighted by molar-refractivity contribution is 5.96. The van der Waals surface area contributed by atoms with Crippen LogP contribution in [-0.2, 0) is 11.2 Å². The molecular formula is C11H14NO4+. The number of phenolic OH excluding ortho intramolecular Hbond substituents is 1. The lowest BCUT2D eigenvalue weighted by molar-refractivity contribution is -0.407. The quantitative estimate of drug-likeness (QED) is 0.618. The third-order valence-electron chi connectivity index (χ3n) is 2.27. The molecule has 0 aliphatic carbocycles. The summed E-state index contributed by atoms with van der Waals surface area (Å²) >= 11 is 0. The molecule has 0 aliphatic heterocycles. The predicted molar refractivity (Wildman–Crippen MR) is 56.1 cm³/mol. The van der Waals surface area contributed by atoms with Crippen LogP contribution in [0, 0.1) is 0 Å². The highest BCUT2D eigenvalue weighted by atomic mass is 16.4. The summed E-state index contributed by atoms with van der Waals surface area (Å²) in [7, 11) is 0. The van der Waals surface area contributed by atoms with Crippen molar-refractivity contribution >= 4 is 11.8 Å². The van der Waals surface area contributed by atoms with Crippen molar-refractivity contribution in [3.63, 3.8) is 0 Å². The Morgan fingerprint density at radius 2 is 2.06 bits per heavy atom. The summed E-state index contributed by atoms with van der Waals surface area (Å²) in [6.45, 7) is 1.34. The zero-order valence-corrected chi connectivity index (χ0v) is 8.93. The fraction of sp³-hybridized carbons (Fsp3) is 0.273. The number of carboxylic acids is 1. The highest BCUT2D eigenvalue weighted by Crippen LogP contribution is 2.19. The zero-order chi connectivity index (χ0) is 12.3. The largest absolute Gasteiger partial charge is 0.507 e. The molecule has 1 aromatic rings. The number of hydrogen-bond donors (Lipinski definition) is 3. The van der Waals surface area contributed by atoms with Crippen molar-refractivity contribution in [2.24, 2.45) is 0 Å². The van der Waals surface area contributed by atoms with E-state index in [4.69, 9.17) is 5.11 Å². The minimum atomic E-state index is -0.988. The van der Waals surface area contributed by atoms with Crippen molar-refractivity contribution < 1.29 is 25.5 Å². The first-order valence-corrected chi connectivity index (χ1v) is 4.80. The summed E-state index contributed by atoms with van der Waals surface area (Å²) < 4.78 is 0. The van der Waals surface area contributed by atoms with E-state index in [9.17, 15) is 14.7 Å². The topological polar surface area (TPSA) is 102 Å². The molecule has 0 spiro atoms. The van der Waals surface area contributed by atoms with Gasteiger partial charge in [-0.15, -0.1) is 0 Å². The fourth-order valence-corrected chi connectivity index (χ4v) is 1.36. The summed E-state index contributed by atoms with van der Waals surface area (Å²) in [5.41, 5.74) is 4.36. The number of rotatable bonds is 4. The first-order valence-electron chi connectivity index (χ1n) is 4.80. The molecule has 0 heterocycles. The van der Waals surface area contributed by atoms with Gasteiger partial charge in [0.05, 0.1) is 5.56 Å². The molecule has 1 rings (SSSR count). The lowest BCUT2D eigenvalue weighted by atomic mass is 10.0. The summed E-state index contributed by atoms with van der Waals surface area (Å²) in [6.07, 6.45) is 0.232. The van der Waals surface area contributed by atoms with E-state index in [0.717, 1.165) is 0 Å². The van der Waals surface area contributed by atoms with Crippen LogP contribution in [0.5, 0.6) is 5.75 Å². The molecule has 5 heteroatoms. The predicted octanol–water partition coefficient (Wildman–Crippen LogP) is -0.168. The standard InChI is InChI=1S/C11H13NO4/c1-6(13)8-4-7(2-3-10(8)14)5-9(12)11(15)16/h2-4,9,14H,5,12H2,1H3,(H,15,16)/p+1/t9-/m0/s1. The smallest absolute Gasteiger partial charge is 0.362 e. The van der Waals surface area contributed by atoms with Crippen LogP contribution in [-0.4, -0.2) is 28.0 Å². The molecule has 1 atom stereocenters. The van der Waals surface area contributed by atoms with Gasteiger partial charge < -0.3 is 15.9 Å². The zero-order valence-electron chi connectivity index (χ0n) is 8.93. The molecular weight excluding hydrogens is 210 g/mol. The van der Waals surface area contributed by atoms with E-state index in [-0.39, 0.29) is 23.5 Å². The van der Waals surface area contributed by atoms with Crippen LogP contribution < -0.4 is 5.73 Å². The van der Waals surface area contributed by atoms with Crippen LogP contribution in [0.3, 0.4) is 0 Å². The molecule has 1 aromatic carbocycles. The van der Waals surface area contributed by atoms with Crippen LogP contribution in [0.1, 0.15) is 22.8 Å². The van der Waals surface area contributed by atoms with Gasteiger partial charge in [-0.1, -0.05) is 6.07 Å². The van der Waals surface area contributed by atoms with Gasteiger partial charge in [-0.25, -0.2) is 4.79 Å². The Morgan fingerprint density at radius 1 is 1.44 bits per heavy atom. The van der Waals surface area contributed by atoms with E-state index < -0.39 is 12.0 Å². The molecule has 0 saturated heterocycles. The number of hydrogen-bond acceptors (Lipinski definition) is 3. The number of benzene rings is 1. The molecule has 5 N–H and O–H groups in total. The normalized spacial score (nSPS) is 12.1. The van der Waals surface area contributed by atoms with E-state index in [1.165, 1.54) is 19.1 Å². The van der Waals surface area contributed by atoms with Crippen molar-refractivity contribution in [3.8, 4) is 5.75 Å². The van der Waals surface area contributed by atoms with Gasteiger partial charge in [0.25, 0.3) is 0 Å². The van der Waals surface area contributed by atoms with Gasteiger partial charge in [0.15, 0.2) is 11.8 Å². The first kappa shape index (κ1) is 12.2. The number of carboxylic acid groups (broad SMARTS) is 1. The second-order valence-corrected chi connectivity index (χ2v) is 3.65. The molecule has 0 radical (unpaired) electrons. The summed E-state index contributed by atoms with van der Waals surface area (Å²) in [6, 6.07) is 3.71. The summed E-state index contributed by atoms with van der Waals surface area (Å²) in [5.74, 6) is -1.33. The molecule has 0 amide bonds. The van der Waals surface area contributed by atoms with Gasteiger partial charge in [-0.05, 0) is 24.6 Å². The minimum absolute atomic E-state index is 0.0906. The van der Waals surface area contributed by atoms with Crippen molar-refractivity contribution in [1.82, 2.24) is 0 Å². The number of aliphatic carboxylic acids is 1.